The zero-order valence-corrected chi connectivity index (χ0v) is 9.75. The zero-order valence-electron chi connectivity index (χ0n) is 8.99. The Morgan fingerprint density at radius 3 is 2.47 bits per heavy atom. The van der Waals surface area contributed by atoms with E-state index in [1.807, 2.05) is 12.1 Å². The Morgan fingerprint density at radius 2 is 1.82 bits per heavy atom. The molecule has 17 heavy (non-hydrogen) atoms. The number of benzene rings is 2. The van der Waals surface area contributed by atoms with Gasteiger partial charge in [-0.05, 0) is 23.8 Å². The second-order valence-electron chi connectivity index (χ2n) is 3.64. The summed E-state index contributed by atoms with van der Waals surface area (Å²) in [6.45, 7) is 0.347. The molecule has 0 amide bonds. The summed E-state index contributed by atoms with van der Waals surface area (Å²) >= 11 is 5.76. The summed E-state index contributed by atoms with van der Waals surface area (Å²) in [5, 5.41) is 0.670. The number of nitrogen functional groups attached to an aromatic ring is 1. The summed E-state index contributed by atoms with van der Waals surface area (Å²) in [5.41, 5.74) is 6.81. The van der Waals surface area contributed by atoms with Crippen molar-refractivity contribution in [3.63, 3.8) is 0 Å². The van der Waals surface area contributed by atoms with Crippen LogP contribution in [0.2, 0.25) is 5.02 Å². The molecular formula is C13H11ClFNO. The predicted octanol–water partition coefficient (Wildman–Crippen LogP) is 3.64. The average Bonchev–Trinajstić information content (AvgIpc) is 2.27. The normalized spacial score (nSPS) is 10.2. The van der Waals surface area contributed by atoms with E-state index in [0.29, 0.717) is 23.1 Å². The first-order valence-corrected chi connectivity index (χ1v) is 5.44. The molecule has 0 heterocycles. The minimum Gasteiger partial charge on any atom is -0.489 e. The number of hydrogen-bond donors (Lipinski definition) is 1. The Kier molecular flexibility index (Phi) is 3.49. The molecule has 4 heteroatoms. The molecule has 2 aromatic carbocycles. The topological polar surface area (TPSA) is 35.2 Å². The number of hydrogen-bond acceptors (Lipinski definition) is 2. The lowest BCUT2D eigenvalue weighted by atomic mass is 10.2. The standard InChI is InChI=1S/C13H11ClFNO/c14-10-3-1-9(2-4-10)8-17-13-6-11(15)5-12(16)7-13/h1-7H,8,16H2. The number of ether oxygens (including phenoxy) is 1. The molecule has 0 radical (unpaired) electrons. The Hall–Kier alpha value is -1.74. The Balaban J connectivity index is 2.04. The van der Waals surface area contributed by atoms with E-state index in [-0.39, 0.29) is 0 Å². The molecule has 0 unspecified atom stereocenters. The van der Waals surface area contributed by atoms with Crippen LogP contribution in [0.5, 0.6) is 5.75 Å². The third-order valence-electron chi connectivity index (χ3n) is 2.21. The van der Waals surface area contributed by atoms with Crippen molar-refractivity contribution in [3.8, 4) is 5.75 Å². The lowest BCUT2D eigenvalue weighted by molar-refractivity contribution is 0.305. The number of halogens is 2. The first-order chi connectivity index (χ1) is 8.13. The van der Waals surface area contributed by atoms with Gasteiger partial charge in [-0.3, -0.25) is 0 Å². The van der Waals surface area contributed by atoms with E-state index < -0.39 is 5.82 Å². The van der Waals surface area contributed by atoms with Crippen LogP contribution in [-0.2, 0) is 6.61 Å². The highest BCUT2D eigenvalue weighted by Crippen LogP contribution is 2.19. The van der Waals surface area contributed by atoms with Crippen LogP contribution in [0.3, 0.4) is 0 Å². The maximum Gasteiger partial charge on any atom is 0.128 e. The molecule has 0 saturated heterocycles. The first kappa shape index (κ1) is 11.7. The molecule has 88 valence electrons. The lowest BCUT2D eigenvalue weighted by Gasteiger charge is -2.07. The van der Waals surface area contributed by atoms with Crippen molar-refractivity contribution in [2.24, 2.45) is 0 Å². The molecule has 0 aromatic heterocycles. The summed E-state index contributed by atoms with van der Waals surface area (Å²) in [5.74, 6) is 0.00792. The fourth-order valence-corrected chi connectivity index (χ4v) is 1.54. The van der Waals surface area contributed by atoms with Crippen molar-refractivity contribution in [2.45, 2.75) is 6.61 Å². The molecule has 2 N–H and O–H groups in total. The van der Waals surface area contributed by atoms with Crippen molar-refractivity contribution in [1.29, 1.82) is 0 Å². The van der Waals surface area contributed by atoms with Crippen LogP contribution in [0.15, 0.2) is 42.5 Å². The maximum absolute atomic E-state index is 13.0. The van der Waals surface area contributed by atoms with Crippen molar-refractivity contribution < 1.29 is 9.13 Å². The molecular weight excluding hydrogens is 241 g/mol. The highest BCUT2D eigenvalue weighted by atomic mass is 35.5. The summed E-state index contributed by atoms with van der Waals surface area (Å²) in [7, 11) is 0. The number of rotatable bonds is 3. The molecule has 0 saturated carbocycles. The molecule has 2 aromatic rings. The van der Waals surface area contributed by atoms with Gasteiger partial charge in [0.1, 0.15) is 18.2 Å². The molecule has 2 nitrogen and oxygen atoms in total. The quantitative estimate of drug-likeness (QED) is 0.846. The van der Waals surface area contributed by atoms with Crippen LogP contribution in [0, 0.1) is 5.82 Å². The molecule has 0 aliphatic carbocycles. The van der Waals surface area contributed by atoms with Gasteiger partial charge in [0.25, 0.3) is 0 Å². The van der Waals surface area contributed by atoms with E-state index in [9.17, 15) is 4.39 Å². The van der Waals surface area contributed by atoms with E-state index in [2.05, 4.69) is 0 Å². The van der Waals surface area contributed by atoms with Crippen LogP contribution < -0.4 is 10.5 Å². The zero-order chi connectivity index (χ0) is 12.3. The maximum atomic E-state index is 13.0. The summed E-state index contributed by atoms with van der Waals surface area (Å²) < 4.78 is 18.5. The summed E-state index contributed by atoms with van der Waals surface area (Å²) in [4.78, 5) is 0. The van der Waals surface area contributed by atoms with E-state index in [1.165, 1.54) is 12.1 Å². The Morgan fingerprint density at radius 1 is 1.12 bits per heavy atom. The van der Waals surface area contributed by atoms with Crippen molar-refractivity contribution in [2.75, 3.05) is 5.73 Å². The molecule has 0 bridgehead atoms. The molecule has 0 atom stereocenters. The van der Waals surface area contributed by atoms with Gasteiger partial charge in [-0.15, -0.1) is 0 Å². The fraction of sp³-hybridized carbons (Fsp3) is 0.0769. The van der Waals surface area contributed by atoms with Crippen molar-refractivity contribution in [1.82, 2.24) is 0 Å². The van der Waals surface area contributed by atoms with Gasteiger partial charge in [0.15, 0.2) is 0 Å². The van der Waals surface area contributed by atoms with Crippen LogP contribution in [0.4, 0.5) is 10.1 Å². The van der Waals surface area contributed by atoms with Gasteiger partial charge in [0, 0.05) is 22.8 Å². The van der Waals surface area contributed by atoms with Gasteiger partial charge in [0.05, 0.1) is 0 Å². The SMILES string of the molecule is Nc1cc(F)cc(OCc2ccc(Cl)cc2)c1. The largest absolute Gasteiger partial charge is 0.489 e. The van der Waals surface area contributed by atoms with Crippen LogP contribution in [0.1, 0.15) is 5.56 Å². The lowest BCUT2D eigenvalue weighted by Crippen LogP contribution is -1.96. The highest BCUT2D eigenvalue weighted by Gasteiger charge is 2.00. The molecule has 0 spiro atoms. The van der Waals surface area contributed by atoms with E-state index in [0.717, 1.165) is 5.56 Å². The van der Waals surface area contributed by atoms with Crippen LogP contribution in [-0.4, -0.2) is 0 Å². The first-order valence-electron chi connectivity index (χ1n) is 5.07. The molecule has 0 aliphatic heterocycles. The van der Waals surface area contributed by atoms with Crippen LogP contribution in [0.25, 0.3) is 0 Å². The third-order valence-corrected chi connectivity index (χ3v) is 2.46. The average molecular weight is 252 g/mol. The third kappa shape index (κ3) is 3.36. The molecule has 2 rings (SSSR count). The van der Waals surface area contributed by atoms with Crippen molar-refractivity contribution >= 4 is 17.3 Å². The van der Waals surface area contributed by atoms with Gasteiger partial charge in [-0.25, -0.2) is 4.39 Å². The van der Waals surface area contributed by atoms with Gasteiger partial charge in [-0.1, -0.05) is 23.7 Å². The van der Waals surface area contributed by atoms with E-state index in [1.54, 1.807) is 18.2 Å². The summed E-state index contributed by atoms with van der Waals surface area (Å²) in [6.07, 6.45) is 0. The Labute approximate surface area is 104 Å². The monoisotopic (exact) mass is 251 g/mol. The summed E-state index contributed by atoms with van der Waals surface area (Å²) in [6, 6.07) is 11.4. The van der Waals surface area contributed by atoms with Gasteiger partial charge >= 0.3 is 0 Å². The smallest absolute Gasteiger partial charge is 0.128 e. The van der Waals surface area contributed by atoms with E-state index >= 15 is 0 Å². The van der Waals surface area contributed by atoms with Gasteiger partial charge in [-0.2, -0.15) is 0 Å². The molecule has 0 aliphatic rings. The predicted molar refractivity (Wildman–Crippen MR) is 66.6 cm³/mol. The number of nitrogens with two attached hydrogens (primary N) is 1. The number of anilines is 1. The van der Waals surface area contributed by atoms with Crippen molar-refractivity contribution in [3.05, 3.63) is 58.9 Å². The van der Waals surface area contributed by atoms with Gasteiger partial charge < -0.3 is 10.5 Å². The minimum atomic E-state index is -0.406. The van der Waals surface area contributed by atoms with Gasteiger partial charge in [0.2, 0.25) is 0 Å². The fourth-order valence-electron chi connectivity index (χ4n) is 1.42. The highest BCUT2D eigenvalue weighted by molar-refractivity contribution is 6.30. The molecule has 0 fully saturated rings. The second-order valence-corrected chi connectivity index (χ2v) is 4.07. The van der Waals surface area contributed by atoms with E-state index in [4.69, 9.17) is 22.1 Å². The minimum absolute atomic E-state index is 0.344. The van der Waals surface area contributed by atoms with Crippen LogP contribution >= 0.6 is 11.6 Å². The Bertz CT molecular complexity index is 493. The second kappa shape index (κ2) is 5.06.